The summed E-state index contributed by atoms with van der Waals surface area (Å²) in [6.07, 6.45) is -5.21. The molecule has 0 aliphatic carbocycles. The Labute approximate surface area is 191 Å². The fourth-order valence-corrected chi connectivity index (χ4v) is 3.86. The number of nitrogens with zero attached hydrogens (tertiary/aromatic N) is 4. The van der Waals surface area contributed by atoms with Gasteiger partial charge in [0.25, 0.3) is 5.91 Å². The van der Waals surface area contributed by atoms with Crippen molar-refractivity contribution in [2.45, 2.75) is 32.2 Å². The lowest BCUT2D eigenvalue weighted by atomic mass is 10.1. The van der Waals surface area contributed by atoms with Gasteiger partial charge in [0.1, 0.15) is 11.6 Å². The Hall–Kier alpha value is -3.54. The molecule has 2 unspecified atom stereocenters. The highest BCUT2D eigenvalue weighted by atomic mass is 19.4. The van der Waals surface area contributed by atoms with E-state index >= 15 is 0 Å². The number of amides is 1. The lowest BCUT2D eigenvalue weighted by molar-refractivity contribution is -0.143. The summed E-state index contributed by atoms with van der Waals surface area (Å²) in [5, 5.41) is 9.04. The predicted molar refractivity (Wildman–Crippen MR) is 113 cm³/mol. The number of morpholine rings is 1. The number of aromatic nitrogens is 3. The normalized spacial score (nSPS) is 18.7. The second kappa shape index (κ2) is 9.01. The van der Waals surface area contributed by atoms with Crippen LogP contribution in [0.3, 0.4) is 0 Å². The van der Waals surface area contributed by atoms with Crippen molar-refractivity contribution in [1.29, 1.82) is 0 Å². The van der Waals surface area contributed by atoms with Crippen molar-refractivity contribution in [3.8, 4) is 5.69 Å². The second-order valence-electron chi connectivity index (χ2n) is 7.96. The van der Waals surface area contributed by atoms with Crippen LogP contribution in [0.4, 0.5) is 33.3 Å². The molecule has 2 aromatic carbocycles. The standard InChI is InChI=1S/C22H20F5N5O2/c1-12-10-31(11-13(2)34-12)18-8-5-15(9-17(18)24)28-21(33)19-20(22(25,26)27)32(30-29-19)16-6-3-14(23)4-7-16/h3-9,12-13H,10-11H2,1-2H3,(H,28,33). The number of halogens is 5. The van der Waals surface area contributed by atoms with Gasteiger partial charge in [0.15, 0.2) is 11.4 Å². The Morgan fingerprint density at radius 1 is 1.06 bits per heavy atom. The molecule has 2 atom stereocenters. The molecule has 2 heterocycles. The van der Waals surface area contributed by atoms with E-state index in [9.17, 15) is 26.7 Å². The molecular weight excluding hydrogens is 461 g/mol. The summed E-state index contributed by atoms with van der Waals surface area (Å²) in [6, 6.07) is 7.91. The molecule has 34 heavy (non-hydrogen) atoms. The van der Waals surface area contributed by atoms with Gasteiger partial charge in [-0.15, -0.1) is 5.10 Å². The second-order valence-corrected chi connectivity index (χ2v) is 7.96. The number of hydrogen-bond acceptors (Lipinski definition) is 5. The zero-order valence-electron chi connectivity index (χ0n) is 18.1. The van der Waals surface area contributed by atoms with E-state index in [0.29, 0.717) is 23.5 Å². The molecule has 1 aliphatic heterocycles. The molecule has 7 nitrogen and oxygen atoms in total. The van der Waals surface area contributed by atoms with Crippen molar-refractivity contribution >= 4 is 17.3 Å². The van der Waals surface area contributed by atoms with Crippen molar-refractivity contribution in [1.82, 2.24) is 15.0 Å². The molecule has 180 valence electrons. The lowest BCUT2D eigenvalue weighted by Crippen LogP contribution is -2.45. The Kier molecular flexibility index (Phi) is 6.26. The summed E-state index contributed by atoms with van der Waals surface area (Å²) >= 11 is 0. The number of hydrogen-bond donors (Lipinski definition) is 1. The zero-order chi connectivity index (χ0) is 24.6. The number of alkyl halides is 3. The molecule has 0 radical (unpaired) electrons. The smallest absolute Gasteiger partial charge is 0.372 e. The Morgan fingerprint density at radius 3 is 2.29 bits per heavy atom. The molecule has 0 spiro atoms. The monoisotopic (exact) mass is 481 g/mol. The summed E-state index contributed by atoms with van der Waals surface area (Å²) in [5.41, 5.74) is -2.34. The van der Waals surface area contributed by atoms with Gasteiger partial charge in [-0.05, 0) is 56.3 Å². The van der Waals surface area contributed by atoms with Crippen LogP contribution in [0.15, 0.2) is 42.5 Å². The van der Waals surface area contributed by atoms with E-state index in [0.717, 1.165) is 30.3 Å². The van der Waals surface area contributed by atoms with Crippen LogP contribution in [0.25, 0.3) is 5.69 Å². The highest BCUT2D eigenvalue weighted by molar-refractivity contribution is 6.03. The van der Waals surface area contributed by atoms with Crippen molar-refractivity contribution < 1.29 is 31.5 Å². The first-order valence-electron chi connectivity index (χ1n) is 10.3. The predicted octanol–water partition coefficient (Wildman–Crippen LogP) is 4.43. The minimum Gasteiger partial charge on any atom is -0.372 e. The SMILES string of the molecule is CC1CN(c2ccc(NC(=O)c3nnn(-c4ccc(F)cc4)c3C(F)(F)F)cc2F)CC(C)O1. The third-order valence-corrected chi connectivity index (χ3v) is 5.19. The van der Waals surface area contributed by atoms with Crippen LogP contribution in [0.5, 0.6) is 0 Å². The fourth-order valence-electron chi connectivity index (χ4n) is 3.86. The van der Waals surface area contributed by atoms with Gasteiger partial charge < -0.3 is 15.0 Å². The molecule has 1 amide bonds. The van der Waals surface area contributed by atoms with Crippen molar-refractivity contribution in [2.75, 3.05) is 23.3 Å². The zero-order valence-corrected chi connectivity index (χ0v) is 18.1. The van der Waals surface area contributed by atoms with E-state index in [2.05, 4.69) is 15.6 Å². The van der Waals surface area contributed by atoms with Crippen LogP contribution in [-0.4, -0.2) is 46.2 Å². The quantitative estimate of drug-likeness (QED) is 0.559. The minimum absolute atomic E-state index is 0.0509. The van der Waals surface area contributed by atoms with Crippen LogP contribution < -0.4 is 10.2 Å². The summed E-state index contributed by atoms with van der Waals surface area (Å²) in [4.78, 5) is 14.4. The van der Waals surface area contributed by atoms with Crippen LogP contribution in [-0.2, 0) is 10.9 Å². The number of nitrogens with one attached hydrogen (secondary N) is 1. The topological polar surface area (TPSA) is 72.3 Å². The highest BCUT2D eigenvalue weighted by Crippen LogP contribution is 2.33. The summed E-state index contributed by atoms with van der Waals surface area (Å²) < 4.78 is 75.3. The first kappa shape index (κ1) is 23.6. The summed E-state index contributed by atoms with van der Waals surface area (Å²) in [7, 11) is 0. The molecule has 3 aromatic rings. The molecule has 0 saturated carbocycles. The van der Waals surface area contributed by atoms with Crippen LogP contribution in [0.1, 0.15) is 30.0 Å². The van der Waals surface area contributed by atoms with Crippen LogP contribution in [0, 0.1) is 11.6 Å². The minimum atomic E-state index is -5.00. The van der Waals surface area contributed by atoms with E-state index in [4.69, 9.17) is 4.74 Å². The number of rotatable bonds is 4. The molecule has 4 rings (SSSR count). The van der Waals surface area contributed by atoms with E-state index in [1.807, 2.05) is 13.8 Å². The molecule has 12 heteroatoms. The molecule has 0 bridgehead atoms. The highest BCUT2D eigenvalue weighted by Gasteiger charge is 2.42. The molecule has 1 N–H and O–H groups in total. The summed E-state index contributed by atoms with van der Waals surface area (Å²) in [5.74, 6) is -2.52. The molecule has 1 saturated heterocycles. The van der Waals surface area contributed by atoms with Crippen molar-refractivity contribution in [2.24, 2.45) is 0 Å². The van der Waals surface area contributed by atoms with Gasteiger partial charge in [-0.3, -0.25) is 4.79 Å². The molecular formula is C22H20F5N5O2. The Balaban J connectivity index is 1.59. The Morgan fingerprint density at radius 2 is 1.71 bits per heavy atom. The molecule has 1 fully saturated rings. The van der Waals surface area contributed by atoms with Crippen molar-refractivity contribution in [3.05, 3.63) is 65.5 Å². The van der Waals surface area contributed by atoms with Gasteiger partial charge in [0.2, 0.25) is 0 Å². The maximum atomic E-state index is 14.8. The number of ether oxygens (including phenoxy) is 1. The number of carbonyl (C=O) groups is 1. The van der Waals surface area contributed by atoms with Gasteiger partial charge in [0, 0.05) is 18.8 Å². The van der Waals surface area contributed by atoms with E-state index in [1.54, 1.807) is 4.90 Å². The largest absolute Gasteiger partial charge is 0.435 e. The summed E-state index contributed by atoms with van der Waals surface area (Å²) in [6.45, 7) is 4.67. The van der Waals surface area contributed by atoms with Gasteiger partial charge in [-0.1, -0.05) is 5.21 Å². The van der Waals surface area contributed by atoms with Gasteiger partial charge >= 0.3 is 6.18 Å². The number of anilines is 2. The number of carbonyl (C=O) groups excluding carboxylic acids is 1. The average molecular weight is 481 g/mol. The fraction of sp³-hybridized carbons (Fsp3) is 0.318. The van der Waals surface area contributed by atoms with Gasteiger partial charge in [0.05, 0.1) is 23.6 Å². The van der Waals surface area contributed by atoms with Crippen LogP contribution in [0.2, 0.25) is 0 Å². The average Bonchev–Trinajstić information content (AvgIpc) is 3.19. The van der Waals surface area contributed by atoms with Crippen LogP contribution >= 0.6 is 0 Å². The molecule has 1 aromatic heterocycles. The van der Waals surface area contributed by atoms with E-state index in [-0.39, 0.29) is 23.6 Å². The maximum absolute atomic E-state index is 14.8. The lowest BCUT2D eigenvalue weighted by Gasteiger charge is -2.37. The third kappa shape index (κ3) is 4.86. The van der Waals surface area contributed by atoms with Crippen molar-refractivity contribution in [3.63, 3.8) is 0 Å². The first-order valence-corrected chi connectivity index (χ1v) is 10.3. The van der Waals surface area contributed by atoms with E-state index < -0.39 is 35.1 Å². The molecule has 1 aliphatic rings. The van der Waals surface area contributed by atoms with E-state index in [1.165, 1.54) is 12.1 Å². The third-order valence-electron chi connectivity index (χ3n) is 5.19. The van der Waals surface area contributed by atoms with Gasteiger partial charge in [-0.2, -0.15) is 13.2 Å². The number of benzene rings is 2. The maximum Gasteiger partial charge on any atom is 0.435 e. The van der Waals surface area contributed by atoms with Gasteiger partial charge in [-0.25, -0.2) is 13.5 Å². The Bertz CT molecular complexity index is 1190. The first-order chi connectivity index (χ1) is 16.0.